The maximum atomic E-state index is 15.5. The number of carbonyl (C=O) groups excluding carboxylic acids is 2. The summed E-state index contributed by atoms with van der Waals surface area (Å²) in [6.07, 6.45) is 0. The van der Waals surface area contributed by atoms with Gasteiger partial charge in [0.05, 0.1) is 19.2 Å². The van der Waals surface area contributed by atoms with E-state index in [1.165, 1.54) is 23.3 Å². The largest absolute Gasteiger partial charge is 0.465 e. The average Bonchev–Trinajstić information content (AvgIpc) is 3.28. The van der Waals surface area contributed by atoms with Gasteiger partial charge in [-0.05, 0) is 11.6 Å². The summed E-state index contributed by atoms with van der Waals surface area (Å²) < 4.78 is 35.6. The third-order valence-corrected chi connectivity index (χ3v) is 6.29. The van der Waals surface area contributed by atoms with Gasteiger partial charge in [-0.1, -0.05) is 30.3 Å². The Kier molecular flexibility index (Phi) is 4.71. The molecule has 148 valence electrons. The van der Waals surface area contributed by atoms with Crippen molar-refractivity contribution in [2.75, 3.05) is 26.7 Å². The van der Waals surface area contributed by atoms with Gasteiger partial charge < -0.3 is 9.64 Å². The van der Waals surface area contributed by atoms with E-state index in [4.69, 9.17) is 0 Å². The molecular weight excluding hydrogens is 386 g/mol. The number of ether oxygens (including phenoxy) is 1. The Hall–Kier alpha value is -2.32. The van der Waals surface area contributed by atoms with Crippen LogP contribution in [-0.2, 0) is 22.6 Å². The van der Waals surface area contributed by atoms with Crippen molar-refractivity contribution in [1.29, 1.82) is 0 Å². The van der Waals surface area contributed by atoms with Crippen LogP contribution in [0.25, 0.3) is 0 Å². The first kappa shape index (κ1) is 19.0. The molecule has 0 saturated carbocycles. The molecule has 0 N–H and O–H groups in total. The van der Waals surface area contributed by atoms with Gasteiger partial charge in [-0.2, -0.15) is 0 Å². The van der Waals surface area contributed by atoms with E-state index in [1.807, 2.05) is 30.3 Å². The second kappa shape index (κ2) is 6.93. The average molecular weight is 406 g/mol. The van der Waals surface area contributed by atoms with Crippen LogP contribution in [0.5, 0.6) is 0 Å². The monoisotopic (exact) mass is 406 g/mol. The predicted molar refractivity (Wildman–Crippen MR) is 100 cm³/mol. The third-order valence-electron chi connectivity index (χ3n) is 5.36. The van der Waals surface area contributed by atoms with E-state index in [0.717, 1.165) is 10.4 Å². The van der Waals surface area contributed by atoms with Crippen LogP contribution in [0.3, 0.4) is 0 Å². The number of rotatable bonds is 5. The molecule has 2 saturated heterocycles. The summed E-state index contributed by atoms with van der Waals surface area (Å²) in [5, 5.41) is 1.65. The summed E-state index contributed by atoms with van der Waals surface area (Å²) in [5.41, 5.74) is -3.52. The summed E-state index contributed by atoms with van der Waals surface area (Å²) in [7, 11) is 1.30. The van der Waals surface area contributed by atoms with Gasteiger partial charge in [0.2, 0.25) is 5.67 Å². The van der Waals surface area contributed by atoms with Crippen LogP contribution in [0.15, 0.2) is 41.8 Å². The molecule has 2 aromatic rings. The molecule has 1 amide bonds. The quantitative estimate of drug-likeness (QED) is 0.717. The fourth-order valence-electron chi connectivity index (χ4n) is 4.00. The smallest absolute Gasteiger partial charge is 0.338 e. The van der Waals surface area contributed by atoms with Crippen molar-refractivity contribution in [3.8, 4) is 0 Å². The van der Waals surface area contributed by atoms with Gasteiger partial charge in [0.15, 0.2) is 5.67 Å². The van der Waals surface area contributed by atoms with Gasteiger partial charge in [-0.15, -0.1) is 11.3 Å². The van der Waals surface area contributed by atoms with Gasteiger partial charge in [-0.3, -0.25) is 9.69 Å². The van der Waals surface area contributed by atoms with Crippen LogP contribution in [0.4, 0.5) is 8.78 Å². The number of alkyl halides is 2. The van der Waals surface area contributed by atoms with E-state index >= 15 is 8.78 Å². The number of esters is 1. The number of methoxy groups -OCH3 is 1. The first-order valence-electron chi connectivity index (χ1n) is 8.94. The van der Waals surface area contributed by atoms with E-state index in [-0.39, 0.29) is 32.7 Å². The van der Waals surface area contributed by atoms with E-state index in [0.29, 0.717) is 5.56 Å². The maximum absolute atomic E-state index is 15.5. The zero-order valence-electron chi connectivity index (χ0n) is 15.4. The van der Waals surface area contributed by atoms with Crippen LogP contribution in [0.1, 0.15) is 20.8 Å². The van der Waals surface area contributed by atoms with Crippen LogP contribution in [-0.4, -0.2) is 59.8 Å². The highest BCUT2D eigenvalue weighted by molar-refractivity contribution is 7.10. The van der Waals surface area contributed by atoms with Gasteiger partial charge in [0.25, 0.3) is 5.91 Å². The topological polar surface area (TPSA) is 49.9 Å². The predicted octanol–water partition coefficient (Wildman–Crippen LogP) is 2.81. The zero-order valence-corrected chi connectivity index (χ0v) is 16.2. The van der Waals surface area contributed by atoms with Gasteiger partial charge >= 0.3 is 5.97 Å². The Labute approximate surface area is 165 Å². The Bertz CT molecular complexity index is 906. The minimum atomic E-state index is -2.54. The number of halogens is 2. The SMILES string of the molecule is COC(=O)c1csc(CN2C[C@]3(F)CN(Cc4ccccc4)C(=O)[C@]3(F)C2)c1. The highest BCUT2D eigenvalue weighted by Crippen LogP contribution is 2.46. The van der Waals surface area contributed by atoms with Crippen molar-refractivity contribution in [3.63, 3.8) is 0 Å². The molecule has 4 rings (SSSR count). The number of hydrogen-bond acceptors (Lipinski definition) is 5. The Morgan fingerprint density at radius 3 is 2.61 bits per heavy atom. The van der Waals surface area contributed by atoms with Crippen LogP contribution >= 0.6 is 11.3 Å². The normalized spacial score (nSPS) is 27.2. The second-order valence-electron chi connectivity index (χ2n) is 7.35. The molecule has 8 heteroatoms. The summed E-state index contributed by atoms with van der Waals surface area (Å²) in [6, 6.07) is 10.8. The fraction of sp³-hybridized carbons (Fsp3) is 0.400. The number of benzene rings is 1. The van der Waals surface area contributed by atoms with Crippen molar-refractivity contribution in [2.24, 2.45) is 0 Å². The number of amides is 1. The van der Waals surface area contributed by atoms with E-state index in [2.05, 4.69) is 4.74 Å². The lowest BCUT2D eigenvalue weighted by Gasteiger charge is -2.22. The van der Waals surface area contributed by atoms with Crippen molar-refractivity contribution < 1.29 is 23.1 Å². The third kappa shape index (κ3) is 3.10. The lowest BCUT2D eigenvalue weighted by Crippen LogP contribution is -2.47. The molecule has 0 unspecified atom stereocenters. The lowest BCUT2D eigenvalue weighted by molar-refractivity contribution is -0.139. The maximum Gasteiger partial charge on any atom is 0.338 e. The van der Waals surface area contributed by atoms with Gasteiger partial charge in [-0.25, -0.2) is 13.6 Å². The molecule has 2 aliphatic rings. The minimum Gasteiger partial charge on any atom is -0.465 e. The number of fused-ring (bicyclic) bond motifs is 1. The molecule has 0 bridgehead atoms. The molecule has 3 heterocycles. The number of nitrogens with zero attached hydrogens (tertiary/aromatic N) is 2. The molecule has 5 nitrogen and oxygen atoms in total. The van der Waals surface area contributed by atoms with Crippen molar-refractivity contribution in [3.05, 3.63) is 57.8 Å². The van der Waals surface area contributed by atoms with Crippen LogP contribution in [0, 0.1) is 0 Å². The van der Waals surface area contributed by atoms with Crippen molar-refractivity contribution >= 4 is 23.2 Å². The number of likely N-dealkylation sites (tertiary alicyclic amines) is 2. The highest BCUT2D eigenvalue weighted by Gasteiger charge is 2.70. The molecule has 2 atom stereocenters. The van der Waals surface area contributed by atoms with Crippen LogP contribution < -0.4 is 0 Å². The number of carbonyl (C=O) groups is 2. The van der Waals surface area contributed by atoms with Crippen molar-refractivity contribution in [1.82, 2.24) is 9.80 Å². The summed E-state index contributed by atoms with van der Waals surface area (Å²) in [5.74, 6) is -1.24. The van der Waals surface area contributed by atoms with E-state index in [9.17, 15) is 9.59 Å². The Balaban J connectivity index is 1.45. The van der Waals surface area contributed by atoms with E-state index < -0.39 is 23.2 Å². The molecule has 2 aliphatic heterocycles. The zero-order chi connectivity index (χ0) is 19.9. The highest BCUT2D eigenvalue weighted by atomic mass is 32.1. The minimum absolute atomic E-state index is 0.161. The molecule has 28 heavy (non-hydrogen) atoms. The molecule has 0 spiro atoms. The standard InChI is InChI=1S/C20H20F2N2O3S/c1-27-17(25)15-7-16(28-10-15)9-23-11-19(21)12-24(18(26)20(19,22)13-23)8-14-5-3-2-4-6-14/h2-7,10H,8-9,11-13H2,1H3/t19-,20+/m0/s1. The molecule has 2 fully saturated rings. The van der Waals surface area contributed by atoms with Crippen LogP contribution in [0.2, 0.25) is 0 Å². The summed E-state index contributed by atoms with van der Waals surface area (Å²) in [4.78, 5) is 27.9. The fourth-order valence-corrected chi connectivity index (χ4v) is 4.89. The van der Waals surface area contributed by atoms with Gasteiger partial charge in [0.1, 0.15) is 0 Å². The second-order valence-corrected chi connectivity index (χ2v) is 8.35. The number of hydrogen-bond donors (Lipinski definition) is 0. The Morgan fingerprint density at radius 2 is 1.93 bits per heavy atom. The first-order valence-corrected chi connectivity index (χ1v) is 9.82. The molecule has 0 radical (unpaired) electrons. The number of thiophene rings is 1. The molecule has 1 aromatic carbocycles. The molecule has 1 aromatic heterocycles. The Morgan fingerprint density at radius 1 is 1.18 bits per heavy atom. The van der Waals surface area contributed by atoms with Gasteiger partial charge in [0, 0.05) is 36.4 Å². The molecular formula is C20H20F2N2O3S. The lowest BCUT2D eigenvalue weighted by atomic mass is 9.93. The first-order chi connectivity index (χ1) is 13.3. The summed E-state index contributed by atoms with van der Waals surface area (Å²) in [6.45, 7) is -0.230. The molecule has 0 aliphatic carbocycles. The van der Waals surface area contributed by atoms with E-state index in [1.54, 1.807) is 16.3 Å². The van der Waals surface area contributed by atoms with Crippen molar-refractivity contribution in [2.45, 2.75) is 24.4 Å². The summed E-state index contributed by atoms with van der Waals surface area (Å²) >= 11 is 1.33.